The molecule has 0 aliphatic heterocycles. The molecular formula is C16H20Cl2N2O2. The lowest BCUT2D eigenvalue weighted by Crippen LogP contribution is -2.41. The molecule has 1 aromatic rings. The highest BCUT2D eigenvalue weighted by Crippen LogP contribution is 2.22. The maximum Gasteiger partial charge on any atom is 0.251 e. The van der Waals surface area contributed by atoms with Gasteiger partial charge in [0.1, 0.15) is 0 Å². The van der Waals surface area contributed by atoms with Crippen molar-refractivity contribution in [3.63, 3.8) is 0 Å². The van der Waals surface area contributed by atoms with Gasteiger partial charge in [-0.15, -0.1) is 0 Å². The first kappa shape index (κ1) is 17.1. The van der Waals surface area contributed by atoms with Crippen LogP contribution in [-0.2, 0) is 4.79 Å². The molecule has 0 atom stereocenters. The number of hydrogen-bond donors (Lipinski definition) is 2. The Bertz CT molecular complexity index is 541. The third kappa shape index (κ3) is 5.18. The van der Waals surface area contributed by atoms with Gasteiger partial charge >= 0.3 is 0 Å². The van der Waals surface area contributed by atoms with Gasteiger partial charge in [0.2, 0.25) is 5.91 Å². The number of nitrogens with one attached hydrogen (secondary N) is 2. The molecule has 4 nitrogen and oxygen atoms in total. The largest absolute Gasteiger partial charge is 0.352 e. The highest BCUT2D eigenvalue weighted by molar-refractivity contribution is 6.42. The van der Waals surface area contributed by atoms with Gasteiger partial charge in [-0.25, -0.2) is 0 Å². The normalized spacial score (nSPS) is 15.9. The zero-order valence-electron chi connectivity index (χ0n) is 12.3. The quantitative estimate of drug-likeness (QED) is 0.822. The van der Waals surface area contributed by atoms with Crippen molar-refractivity contribution in [3.8, 4) is 0 Å². The van der Waals surface area contributed by atoms with E-state index in [-0.39, 0.29) is 24.4 Å². The molecule has 1 fully saturated rings. The van der Waals surface area contributed by atoms with E-state index in [0.29, 0.717) is 15.6 Å². The van der Waals surface area contributed by atoms with Crippen LogP contribution in [0.3, 0.4) is 0 Å². The SMILES string of the molecule is O=C(CNC(=O)c1ccc(Cl)c(Cl)c1)NC1CCCCCC1. The summed E-state index contributed by atoms with van der Waals surface area (Å²) in [5.74, 6) is -0.491. The Hall–Kier alpha value is -1.26. The van der Waals surface area contributed by atoms with Crippen molar-refractivity contribution in [1.82, 2.24) is 10.6 Å². The molecule has 120 valence electrons. The minimum Gasteiger partial charge on any atom is -0.352 e. The van der Waals surface area contributed by atoms with Crippen LogP contribution >= 0.6 is 23.2 Å². The number of benzene rings is 1. The van der Waals surface area contributed by atoms with Gasteiger partial charge in [-0.1, -0.05) is 48.9 Å². The highest BCUT2D eigenvalue weighted by atomic mass is 35.5. The summed E-state index contributed by atoms with van der Waals surface area (Å²) in [6, 6.07) is 4.86. The van der Waals surface area contributed by atoms with E-state index in [4.69, 9.17) is 23.2 Å². The monoisotopic (exact) mass is 342 g/mol. The third-order valence-corrected chi connectivity index (χ3v) is 4.55. The Morgan fingerprint density at radius 2 is 1.73 bits per heavy atom. The molecule has 1 aliphatic carbocycles. The first-order valence-corrected chi connectivity index (χ1v) is 8.34. The topological polar surface area (TPSA) is 58.2 Å². The second-order valence-electron chi connectivity index (χ2n) is 5.57. The Balaban J connectivity index is 1.79. The molecule has 0 bridgehead atoms. The van der Waals surface area contributed by atoms with E-state index in [1.165, 1.54) is 18.9 Å². The van der Waals surface area contributed by atoms with Gasteiger partial charge in [0.05, 0.1) is 16.6 Å². The van der Waals surface area contributed by atoms with E-state index in [2.05, 4.69) is 10.6 Å². The maximum absolute atomic E-state index is 12.0. The lowest BCUT2D eigenvalue weighted by molar-refractivity contribution is -0.120. The van der Waals surface area contributed by atoms with Crippen LogP contribution in [0.5, 0.6) is 0 Å². The first-order chi connectivity index (χ1) is 10.6. The number of halogens is 2. The van der Waals surface area contributed by atoms with Crippen LogP contribution in [0.4, 0.5) is 0 Å². The van der Waals surface area contributed by atoms with E-state index in [9.17, 15) is 9.59 Å². The van der Waals surface area contributed by atoms with Crippen molar-refractivity contribution in [2.45, 2.75) is 44.6 Å². The lowest BCUT2D eigenvalue weighted by Gasteiger charge is -2.16. The molecule has 0 saturated heterocycles. The third-order valence-electron chi connectivity index (χ3n) is 3.81. The average molecular weight is 343 g/mol. The minimum atomic E-state index is -0.338. The molecule has 2 N–H and O–H groups in total. The fourth-order valence-corrected chi connectivity index (χ4v) is 2.90. The predicted molar refractivity (Wildman–Crippen MR) is 88.4 cm³/mol. The summed E-state index contributed by atoms with van der Waals surface area (Å²) < 4.78 is 0. The van der Waals surface area contributed by atoms with Crippen molar-refractivity contribution in [1.29, 1.82) is 0 Å². The second-order valence-corrected chi connectivity index (χ2v) is 6.38. The van der Waals surface area contributed by atoms with Crippen molar-refractivity contribution in [3.05, 3.63) is 33.8 Å². The molecule has 6 heteroatoms. The number of hydrogen-bond acceptors (Lipinski definition) is 2. The summed E-state index contributed by atoms with van der Waals surface area (Å²) in [5, 5.41) is 6.29. The molecule has 1 aromatic carbocycles. The van der Waals surface area contributed by atoms with E-state index in [1.807, 2.05) is 0 Å². The predicted octanol–water partition coefficient (Wildman–Crippen LogP) is 3.56. The van der Waals surface area contributed by atoms with Gasteiger partial charge < -0.3 is 10.6 Å². The van der Waals surface area contributed by atoms with Gasteiger partial charge in [0.15, 0.2) is 0 Å². The first-order valence-electron chi connectivity index (χ1n) is 7.59. The van der Waals surface area contributed by atoms with Crippen LogP contribution < -0.4 is 10.6 Å². The van der Waals surface area contributed by atoms with Gasteiger partial charge in [-0.3, -0.25) is 9.59 Å². The Morgan fingerprint density at radius 1 is 1.05 bits per heavy atom. The summed E-state index contributed by atoms with van der Waals surface area (Å²) in [5.41, 5.74) is 0.386. The van der Waals surface area contributed by atoms with Crippen molar-refractivity contribution < 1.29 is 9.59 Å². The molecular weight excluding hydrogens is 323 g/mol. The van der Waals surface area contributed by atoms with E-state index >= 15 is 0 Å². The molecule has 0 spiro atoms. The average Bonchev–Trinajstić information content (AvgIpc) is 2.76. The van der Waals surface area contributed by atoms with Crippen LogP contribution in [-0.4, -0.2) is 24.4 Å². The van der Waals surface area contributed by atoms with Crippen LogP contribution in [0.15, 0.2) is 18.2 Å². The molecule has 0 radical (unpaired) electrons. The summed E-state index contributed by atoms with van der Waals surface area (Å²) in [7, 11) is 0. The number of rotatable bonds is 4. The number of amides is 2. The van der Waals surface area contributed by atoms with Crippen LogP contribution in [0.2, 0.25) is 10.0 Å². The Morgan fingerprint density at radius 3 is 2.36 bits per heavy atom. The van der Waals surface area contributed by atoms with E-state index < -0.39 is 0 Å². The zero-order valence-corrected chi connectivity index (χ0v) is 13.8. The molecule has 1 aliphatic rings. The fourth-order valence-electron chi connectivity index (χ4n) is 2.60. The van der Waals surface area contributed by atoms with E-state index in [1.54, 1.807) is 12.1 Å². The fraction of sp³-hybridized carbons (Fsp3) is 0.500. The van der Waals surface area contributed by atoms with E-state index in [0.717, 1.165) is 25.7 Å². The van der Waals surface area contributed by atoms with Crippen LogP contribution in [0.1, 0.15) is 48.9 Å². The zero-order chi connectivity index (χ0) is 15.9. The summed E-state index contributed by atoms with van der Waals surface area (Å²) in [6.07, 6.45) is 6.82. The number of carbonyl (C=O) groups excluding carboxylic acids is 2. The molecule has 2 rings (SSSR count). The van der Waals surface area contributed by atoms with Gasteiger partial charge in [0.25, 0.3) is 5.91 Å². The number of carbonyl (C=O) groups is 2. The molecule has 0 heterocycles. The summed E-state index contributed by atoms with van der Waals surface area (Å²) in [4.78, 5) is 23.9. The van der Waals surface area contributed by atoms with Crippen molar-refractivity contribution in [2.75, 3.05) is 6.54 Å². The minimum absolute atomic E-state index is 0.0322. The van der Waals surface area contributed by atoms with Gasteiger partial charge in [-0.05, 0) is 31.0 Å². The highest BCUT2D eigenvalue weighted by Gasteiger charge is 2.15. The molecule has 2 amide bonds. The summed E-state index contributed by atoms with van der Waals surface area (Å²) >= 11 is 11.7. The standard InChI is InChI=1S/C16H20Cl2N2O2/c17-13-8-7-11(9-14(13)18)16(22)19-10-15(21)20-12-5-3-1-2-4-6-12/h7-9,12H,1-6,10H2,(H,19,22)(H,20,21). The molecule has 0 aromatic heterocycles. The van der Waals surface area contributed by atoms with Crippen LogP contribution in [0, 0.1) is 0 Å². The molecule has 22 heavy (non-hydrogen) atoms. The Labute approximate surface area is 140 Å². The van der Waals surface area contributed by atoms with Crippen molar-refractivity contribution >= 4 is 35.0 Å². The molecule has 1 saturated carbocycles. The Kier molecular flexibility index (Phi) is 6.52. The summed E-state index contributed by atoms with van der Waals surface area (Å²) in [6.45, 7) is -0.0322. The van der Waals surface area contributed by atoms with Crippen molar-refractivity contribution in [2.24, 2.45) is 0 Å². The van der Waals surface area contributed by atoms with Crippen LogP contribution in [0.25, 0.3) is 0 Å². The van der Waals surface area contributed by atoms with Gasteiger partial charge in [-0.2, -0.15) is 0 Å². The maximum atomic E-state index is 12.0. The lowest BCUT2D eigenvalue weighted by atomic mass is 10.1. The smallest absolute Gasteiger partial charge is 0.251 e. The van der Waals surface area contributed by atoms with Gasteiger partial charge in [0, 0.05) is 11.6 Å². The molecule has 0 unspecified atom stereocenters. The second kappa shape index (κ2) is 8.39.